The molecule has 0 saturated heterocycles. The Bertz CT molecular complexity index is 8150. The smallest absolute Gasteiger partial charge is 0.252 e. The number of benzene rings is 19. The Morgan fingerprint density at radius 1 is 0.210 bits per heavy atom. The molecule has 124 heavy (non-hydrogen) atoms. The van der Waals surface area contributed by atoms with Gasteiger partial charge >= 0.3 is 0 Å². The zero-order valence-electron chi connectivity index (χ0n) is 67.4. The van der Waals surface area contributed by atoms with Crippen LogP contribution in [-0.2, 0) is 0 Å². The number of nitrogens with zero attached hydrogens (tertiary/aromatic N) is 7. The van der Waals surface area contributed by atoms with E-state index in [0.29, 0.717) is 0 Å². The van der Waals surface area contributed by atoms with E-state index >= 15 is 0 Å². The Morgan fingerprint density at radius 3 is 0.815 bits per heavy atom. The first-order valence-electron chi connectivity index (χ1n) is 43.1. The van der Waals surface area contributed by atoms with Crippen LogP contribution in [0.2, 0.25) is 0 Å². The van der Waals surface area contributed by atoms with Crippen LogP contribution in [0.25, 0.3) is 149 Å². The van der Waals surface area contributed by atoms with Crippen LogP contribution in [0.4, 0.5) is 34.1 Å². The lowest BCUT2D eigenvalue weighted by Gasteiger charge is -2.46. The van der Waals surface area contributed by atoms with Gasteiger partial charge in [0.05, 0.1) is 55.2 Å². The molecule has 27 rings (SSSR count). The van der Waals surface area contributed by atoms with Crippen molar-refractivity contribution in [3.8, 4) is 39.6 Å². The van der Waals surface area contributed by atoms with Crippen molar-refractivity contribution in [3.05, 3.63) is 470 Å². The minimum Gasteiger partial charge on any atom is -0.311 e. The Labute approximate surface area is 715 Å². The van der Waals surface area contributed by atoms with Gasteiger partial charge in [-0.15, -0.1) is 0 Å². The van der Waals surface area contributed by atoms with Gasteiger partial charge in [0, 0.05) is 128 Å². The summed E-state index contributed by atoms with van der Waals surface area (Å²) in [6.07, 6.45) is 0. The van der Waals surface area contributed by atoms with Gasteiger partial charge in [0.1, 0.15) is 0 Å². The summed E-state index contributed by atoms with van der Waals surface area (Å²) in [6.45, 7) is -0.347. The first-order valence-corrected chi connectivity index (χ1v) is 43.1. The Hall–Kier alpha value is -16.2. The highest BCUT2D eigenvalue weighted by atomic mass is 15.2. The standard InChI is InChI=1S/C116H74BN7/c1-3-37-95-83(25-1)84-26-2-4-38-96(84)114(95)75-51-49-73(50-52-75)113(74-53-55-76(56-54-74)118-100-39-15-5-27-85(100)86-28-6-16-40-101(86)118)97-67-70-112-115-116(97)124(80-63-61-78(62-64-80)120-104-43-19-9-31-89(104)90-32-10-20-44-105(90)120)111-69-66-82(123-108-47-23-13-35-93(108)94-36-14-24-48-109(94)123)72-99(111)117(115)98-71-81(122-106-45-21-11-33-91(106)92-34-12-22-46-107(92)122)65-68-110(98)121(112)79-59-57-77(58-60-79)119-102-41-17-7-29-87(102)88-30-8-18-42-103(88)119/h1-72,113-114H. The second-order valence-corrected chi connectivity index (χ2v) is 33.7. The highest BCUT2D eigenvalue weighted by Crippen LogP contribution is 2.53. The van der Waals surface area contributed by atoms with Gasteiger partial charge in [0.2, 0.25) is 0 Å². The molecule has 1 atom stereocenters. The number of aromatic nitrogens is 5. The molecule has 0 radical (unpaired) electrons. The molecule has 1 unspecified atom stereocenters. The van der Waals surface area contributed by atoms with Crippen LogP contribution in [0.1, 0.15) is 45.2 Å². The fourth-order valence-corrected chi connectivity index (χ4v) is 22.4. The van der Waals surface area contributed by atoms with Crippen molar-refractivity contribution in [2.45, 2.75) is 11.8 Å². The molecule has 5 aromatic heterocycles. The van der Waals surface area contributed by atoms with Crippen molar-refractivity contribution in [2.24, 2.45) is 0 Å². The Kier molecular flexibility index (Phi) is 14.8. The van der Waals surface area contributed by atoms with Crippen LogP contribution in [0.3, 0.4) is 0 Å². The molecule has 2 aliphatic heterocycles. The van der Waals surface area contributed by atoms with E-state index in [2.05, 4.69) is 469 Å². The molecule has 19 aromatic carbocycles. The van der Waals surface area contributed by atoms with Crippen molar-refractivity contribution < 1.29 is 0 Å². The number of rotatable bonds is 11. The number of fused-ring (bicyclic) bond motifs is 22. The summed E-state index contributed by atoms with van der Waals surface area (Å²) < 4.78 is 12.4. The van der Waals surface area contributed by atoms with Crippen molar-refractivity contribution >= 4 is 166 Å². The van der Waals surface area contributed by atoms with Gasteiger partial charge < -0.3 is 32.6 Å². The third-order valence-corrected chi connectivity index (χ3v) is 27.5. The number of anilines is 6. The average Bonchev–Trinajstić information content (AvgIpc) is 1.30. The molecule has 7 nitrogen and oxygen atoms in total. The molecule has 24 aromatic rings. The number of hydrogen-bond donors (Lipinski definition) is 0. The van der Waals surface area contributed by atoms with Gasteiger partial charge in [-0.2, -0.15) is 0 Å². The van der Waals surface area contributed by atoms with Crippen LogP contribution < -0.4 is 26.2 Å². The zero-order chi connectivity index (χ0) is 80.9. The normalized spacial score (nSPS) is 13.2. The zero-order valence-corrected chi connectivity index (χ0v) is 67.4. The monoisotopic (exact) mass is 1580 g/mol. The first kappa shape index (κ1) is 68.7. The molecule has 0 saturated carbocycles. The van der Waals surface area contributed by atoms with Crippen LogP contribution in [0.15, 0.2) is 437 Å². The molecule has 576 valence electrons. The highest BCUT2D eigenvalue weighted by molar-refractivity contribution is 7.00. The van der Waals surface area contributed by atoms with Gasteiger partial charge in [0.15, 0.2) is 0 Å². The fourth-order valence-electron chi connectivity index (χ4n) is 22.4. The van der Waals surface area contributed by atoms with E-state index < -0.39 is 0 Å². The van der Waals surface area contributed by atoms with Gasteiger partial charge in [-0.05, 0) is 225 Å². The SMILES string of the molecule is c1ccc2c(c1)-c1ccccc1C2c1ccc(C(c2ccc(-n3c4ccccc4c4ccccc43)cc2)c2ccc3c4c2N(c2ccc(-n5c6ccccc6c6ccccc65)cc2)c2ccc(-n5c6ccccc6c6ccccc65)cc2B4c2cc(-n4c5ccccc5c5ccccc54)ccc2N3c2ccc(-n3c4ccccc4c4ccccc43)cc2)cc1. The van der Waals surface area contributed by atoms with Crippen LogP contribution >= 0.6 is 0 Å². The lowest BCUT2D eigenvalue weighted by Crippen LogP contribution is -2.61. The molecule has 0 amide bonds. The maximum Gasteiger partial charge on any atom is 0.252 e. The molecule has 0 N–H and O–H groups in total. The quantitative estimate of drug-likeness (QED) is 0.0955. The van der Waals surface area contributed by atoms with Gasteiger partial charge in [0.25, 0.3) is 6.71 Å². The number of hydrogen-bond acceptors (Lipinski definition) is 2. The van der Waals surface area contributed by atoms with Crippen LogP contribution in [0.5, 0.6) is 0 Å². The predicted molar refractivity (Wildman–Crippen MR) is 519 cm³/mol. The van der Waals surface area contributed by atoms with Crippen molar-refractivity contribution in [2.75, 3.05) is 9.80 Å². The maximum absolute atomic E-state index is 2.68. The summed E-state index contributed by atoms with van der Waals surface area (Å²) in [5, 5.41) is 12.3. The van der Waals surface area contributed by atoms with E-state index in [1.54, 1.807) is 0 Å². The summed E-state index contributed by atoms with van der Waals surface area (Å²) in [5.41, 5.74) is 37.5. The highest BCUT2D eigenvalue weighted by Gasteiger charge is 2.46. The lowest BCUT2D eigenvalue weighted by atomic mass is 9.33. The molecular weight excluding hydrogens is 1500 g/mol. The van der Waals surface area contributed by atoms with E-state index in [1.807, 2.05) is 0 Å². The molecule has 8 heteroatoms. The molecular formula is C116H74BN7. The second-order valence-electron chi connectivity index (χ2n) is 33.7. The Morgan fingerprint density at radius 2 is 0.468 bits per heavy atom. The summed E-state index contributed by atoms with van der Waals surface area (Å²) in [7, 11) is 0. The molecule has 0 bridgehead atoms. The van der Waals surface area contributed by atoms with Gasteiger partial charge in [-0.3, -0.25) is 0 Å². The number of para-hydroxylation sites is 10. The van der Waals surface area contributed by atoms with Crippen molar-refractivity contribution in [3.63, 3.8) is 0 Å². The minimum absolute atomic E-state index is 0.0652. The van der Waals surface area contributed by atoms with Crippen LogP contribution in [-0.4, -0.2) is 29.5 Å². The van der Waals surface area contributed by atoms with E-state index in [-0.39, 0.29) is 18.5 Å². The summed E-state index contributed by atoms with van der Waals surface area (Å²) in [6, 6.07) is 165. The summed E-state index contributed by atoms with van der Waals surface area (Å²) in [4.78, 5) is 5.28. The van der Waals surface area contributed by atoms with Gasteiger partial charge in [-0.25, -0.2) is 0 Å². The third kappa shape index (κ3) is 9.90. The van der Waals surface area contributed by atoms with E-state index in [4.69, 9.17) is 0 Å². The predicted octanol–water partition coefficient (Wildman–Crippen LogP) is 27.6. The molecule has 7 heterocycles. The van der Waals surface area contributed by atoms with E-state index in [1.165, 1.54) is 148 Å². The molecule has 0 spiro atoms. The second kappa shape index (κ2) is 26.7. The molecule has 3 aliphatic rings. The molecule has 1 aliphatic carbocycles. The van der Waals surface area contributed by atoms with Gasteiger partial charge in [-0.1, -0.05) is 273 Å². The maximum atomic E-state index is 2.68. The minimum atomic E-state index is -0.347. The Balaban J connectivity index is 0.757. The lowest BCUT2D eigenvalue weighted by molar-refractivity contribution is 0.957. The van der Waals surface area contributed by atoms with Crippen molar-refractivity contribution in [1.29, 1.82) is 0 Å². The largest absolute Gasteiger partial charge is 0.311 e. The van der Waals surface area contributed by atoms with Crippen LogP contribution in [0, 0.1) is 0 Å². The summed E-state index contributed by atoms with van der Waals surface area (Å²) >= 11 is 0. The topological polar surface area (TPSA) is 31.1 Å². The van der Waals surface area contributed by atoms with E-state index in [0.717, 1.165) is 84.6 Å². The van der Waals surface area contributed by atoms with E-state index in [9.17, 15) is 0 Å². The molecule has 0 fully saturated rings. The third-order valence-electron chi connectivity index (χ3n) is 27.5. The van der Waals surface area contributed by atoms with Crippen molar-refractivity contribution in [1.82, 2.24) is 22.8 Å². The summed E-state index contributed by atoms with van der Waals surface area (Å²) in [5.74, 6) is -0.261. The average molecular weight is 1580 g/mol. The first-order chi connectivity index (χ1) is 61.6. The fraction of sp³-hybridized carbons (Fsp3) is 0.0172.